The summed E-state index contributed by atoms with van der Waals surface area (Å²) in [5, 5.41) is 11.0. The SMILES string of the molecule is Cn1c(=O)n(C)c2cc(-c3nc(-c4ccccc4)c(-c4ccc([N+](=O)[O-])cc4)[nH]3)ccc21. The zero-order valence-electron chi connectivity index (χ0n) is 17.4. The van der Waals surface area contributed by atoms with Crippen molar-refractivity contribution >= 4 is 16.7 Å². The third-order valence-corrected chi connectivity index (χ3v) is 5.66. The number of imidazole rings is 2. The van der Waals surface area contributed by atoms with Gasteiger partial charge < -0.3 is 4.98 Å². The summed E-state index contributed by atoms with van der Waals surface area (Å²) in [4.78, 5) is 31.2. The van der Waals surface area contributed by atoms with Crippen LogP contribution in [-0.4, -0.2) is 24.0 Å². The molecule has 8 heteroatoms. The Morgan fingerprint density at radius 1 is 0.844 bits per heavy atom. The average molecular weight is 425 g/mol. The molecule has 0 saturated heterocycles. The Morgan fingerprint density at radius 3 is 2.19 bits per heavy atom. The molecule has 158 valence electrons. The van der Waals surface area contributed by atoms with Crippen LogP contribution in [0.25, 0.3) is 44.9 Å². The number of benzene rings is 3. The van der Waals surface area contributed by atoms with Gasteiger partial charge in [-0.15, -0.1) is 0 Å². The summed E-state index contributed by atoms with van der Waals surface area (Å²) < 4.78 is 3.22. The first-order valence-corrected chi connectivity index (χ1v) is 10.00. The summed E-state index contributed by atoms with van der Waals surface area (Å²) in [6.07, 6.45) is 0. The van der Waals surface area contributed by atoms with Crippen molar-refractivity contribution in [3.63, 3.8) is 0 Å². The lowest BCUT2D eigenvalue weighted by atomic mass is 10.0. The van der Waals surface area contributed by atoms with E-state index in [4.69, 9.17) is 4.98 Å². The number of H-pyrrole nitrogens is 1. The smallest absolute Gasteiger partial charge is 0.328 e. The summed E-state index contributed by atoms with van der Waals surface area (Å²) >= 11 is 0. The summed E-state index contributed by atoms with van der Waals surface area (Å²) in [6, 6.07) is 21.9. The Hall–Kier alpha value is -4.46. The van der Waals surface area contributed by atoms with E-state index >= 15 is 0 Å². The summed E-state index contributed by atoms with van der Waals surface area (Å²) in [6.45, 7) is 0. The Bertz CT molecular complexity index is 1530. The molecule has 0 fully saturated rings. The zero-order valence-corrected chi connectivity index (χ0v) is 17.4. The van der Waals surface area contributed by atoms with Gasteiger partial charge in [0.15, 0.2) is 0 Å². The average Bonchev–Trinajstić information content (AvgIpc) is 3.36. The number of rotatable bonds is 4. The van der Waals surface area contributed by atoms with Crippen molar-refractivity contribution in [2.24, 2.45) is 14.1 Å². The number of fused-ring (bicyclic) bond motifs is 1. The molecule has 0 aliphatic carbocycles. The number of aryl methyl sites for hydroxylation is 2. The van der Waals surface area contributed by atoms with Crippen LogP contribution in [0.2, 0.25) is 0 Å². The van der Waals surface area contributed by atoms with E-state index in [1.807, 2.05) is 48.5 Å². The van der Waals surface area contributed by atoms with Crippen molar-refractivity contribution in [3.8, 4) is 33.9 Å². The summed E-state index contributed by atoms with van der Waals surface area (Å²) in [5.74, 6) is 0.649. The quantitative estimate of drug-likeness (QED) is 0.338. The Kier molecular flexibility index (Phi) is 4.48. The van der Waals surface area contributed by atoms with Gasteiger partial charge in [-0.25, -0.2) is 9.78 Å². The lowest BCUT2D eigenvalue weighted by Crippen LogP contribution is -2.19. The van der Waals surface area contributed by atoms with E-state index in [0.29, 0.717) is 5.82 Å². The number of aromatic nitrogens is 4. The predicted octanol–water partition coefficient (Wildman–Crippen LogP) is 4.51. The van der Waals surface area contributed by atoms with Crippen LogP contribution in [-0.2, 0) is 14.1 Å². The molecule has 2 heterocycles. The second-order valence-corrected chi connectivity index (χ2v) is 7.58. The molecule has 0 radical (unpaired) electrons. The largest absolute Gasteiger partial charge is 0.337 e. The molecule has 0 bridgehead atoms. The summed E-state index contributed by atoms with van der Waals surface area (Å²) in [7, 11) is 3.49. The molecule has 1 N–H and O–H groups in total. The summed E-state index contributed by atoms with van der Waals surface area (Å²) in [5.41, 5.74) is 5.66. The number of nitro groups is 1. The first-order chi connectivity index (χ1) is 15.4. The molecule has 0 spiro atoms. The molecule has 32 heavy (non-hydrogen) atoms. The fourth-order valence-corrected chi connectivity index (χ4v) is 3.93. The standard InChI is InChI=1S/C24H19N5O3/c1-27-19-13-10-17(14-20(19)28(2)24(27)30)23-25-21(15-6-4-3-5-7-15)22(26-23)16-8-11-18(12-9-16)29(31)32/h3-14H,1-2H3,(H,25,26). The number of nitro benzene ring substituents is 1. The molecule has 5 aromatic rings. The fraction of sp³-hybridized carbons (Fsp3) is 0.0833. The van der Waals surface area contributed by atoms with Crippen LogP contribution in [0.3, 0.4) is 0 Å². The number of nitrogens with one attached hydrogen (secondary N) is 1. The highest BCUT2D eigenvalue weighted by molar-refractivity contribution is 5.85. The Balaban J connectivity index is 1.69. The van der Waals surface area contributed by atoms with E-state index in [2.05, 4.69) is 4.98 Å². The maximum Gasteiger partial charge on any atom is 0.328 e. The molecule has 0 aliphatic rings. The zero-order chi connectivity index (χ0) is 22.4. The van der Waals surface area contributed by atoms with E-state index in [1.165, 1.54) is 12.1 Å². The number of nitrogens with zero attached hydrogens (tertiary/aromatic N) is 4. The third kappa shape index (κ3) is 3.09. The van der Waals surface area contributed by atoms with Gasteiger partial charge in [0.2, 0.25) is 0 Å². The molecule has 0 aliphatic heterocycles. The molecule has 5 rings (SSSR count). The molecule has 0 unspecified atom stereocenters. The first kappa shape index (κ1) is 19.5. The maximum atomic E-state index is 12.3. The van der Waals surface area contributed by atoms with Crippen LogP contribution < -0.4 is 5.69 Å². The van der Waals surface area contributed by atoms with Crippen molar-refractivity contribution in [1.82, 2.24) is 19.1 Å². The number of hydrogen-bond acceptors (Lipinski definition) is 4. The van der Waals surface area contributed by atoms with Gasteiger partial charge in [-0.3, -0.25) is 19.2 Å². The normalized spacial score (nSPS) is 11.2. The fourth-order valence-electron chi connectivity index (χ4n) is 3.93. The maximum absolute atomic E-state index is 12.3. The van der Waals surface area contributed by atoms with Crippen molar-refractivity contribution in [2.75, 3.05) is 0 Å². The third-order valence-electron chi connectivity index (χ3n) is 5.66. The van der Waals surface area contributed by atoms with Crippen LogP contribution in [0.15, 0.2) is 77.6 Å². The van der Waals surface area contributed by atoms with Gasteiger partial charge in [0.25, 0.3) is 5.69 Å². The molecule has 3 aromatic carbocycles. The molecular weight excluding hydrogens is 406 g/mol. The Labute approximate surface area is 182 Å². The van der Waals surface area contributed by atoms with Gasteiger partial charge in [-0.2, -0.15) is 0 Å². The van der Waals surface area contributed by atoms with Gasteiger partial charge in [0.05, 0.1) is 27.3 Å². The lowest BCUT2D eigenvalue weighted by molar-refractivity contribution is -0.384. The van der Waals surface area contributed by atoms with Crippen molar-refractivity contribution < 1.29 is 4.92 Å². The van der Waals surface area contributed by atoms with E-state index in [-0.39, 0.29) is 11.4 Å². The van der Waals surface area contributed by atoms with Crippen LogP contribution in [0.5, 0.6) is 0 Å². The molecule has 0 saturated carbocycles. The van der Waals surface area contributed by atoms with E-state index in [1.54, 1.807) is 35.4 Å². The topological polar surface area (TPSA) is 98.8 Å². The molecule has 8 nitrogen and oxygen atoms in total. The van der Waals surface area contributed by atoms with E-state index < -0.39 is 4.92 Å². The van der Waals surface area contributed by atoms with Crippen LogP contribution in [0.4, 0.5) is 5.69 Å². The Morgan fingerprint density at radius 2 is 1.50 bits per heavy atom. The second-order valence-electron chi connectivity index (χ2n) is 7.58. The van der Waals surface area contributed by atoms with Gasteiger partial charge >= 0.3 is 5.69 Å². The van der Waals surface area contributed by atoms with Crippen LogP contribution in [0, 0.1) is 10.1 Å². The molecule has 0 atom stereocenters. The van der Waals surface area contributed by atoms with Gasteiger partial charge in [0.1, 0.15) is 5.82 Å². The number of non-ortho nitro benzene ring substituents is 1. The van der Waals surface area contributed by atoms with Gasteiger partial charge in [0, 0.05) is 42.9 Å². The molecule has 2 aromatic heterocycles. The monoisotopic (exact) mass is 425 g/mol. The minimum atomic E-state index is -0.417. The number of aromatic amines is 1. The van der Waals surface area contributed by atoms with Crippen LogP contribution >= 0.6 is 0 Å². The van der Waals surface area contributed by atoms with Crippen molar-refractivity contribution in [2.45, 2.75) is 0 Å². The lowest BCUT2D eigenvalue weighted by Gasteiger charge is -2.03. The van der Waals surface area contributed by atoms with E-state index in [9.17, 15) is 14.9 Å². The first-order valence-electron chi connectivity index (χ1n) is 10.00. The minimum absolute atomic E-state index is 0.0326. The van der Waals surface area contributed by atoms with E-state index in [0.717, 1.165) is 39.1 Å². The highest BCUT2D eigenvalue weighted by Crippen LogP contribution is 2.34. The van der Waals surface area contributed by atoms with Gasteiger partial charge in [-0.05, 0) is 30.3 Å². The molecule has 0 amide bonds. The number of hydrogen-bond donors (Lipinski definition) is 1. The molecular formula is C24H19N5O3. The van der Waals surface area contributed by atoms with Crippen LogP contribution in [0.1, 0.15) is 0 Å². The second kappa shape index (κ2) is 7.35. The predicted molar refractivity (Wildman–Crippen MR) is 123 cm³/mol. The highest BCUT2D eigenvalue weighted by Gasteiger charge is 2.17. The van der Waals surface area contributed by atoms with Crippen molar-refractivity contribution in [1.29, 1.82) is 0 Å². The minimum Gasteiger partial charge on any atom is -0.337 e. The highest BCUT2D eigenvalue weighted by atomic mass is 16.6. The van der Waals surface area contributed by atoms with Gasteiger partial charge in [-0.1, -0.05) is 30.3 Å². The van der Waals surface area contributed by atoms with Crippen molar-refractivity contribution in [3.05, 3.63) is 93.4 Å².